The Hall–Kier alpha value is -1.27. The van der Waals surface area contributed by atoms with Gasteiger partial charge in [-0.25, -0.2) is 4.98 Å². The van der Waals surface area contributed by atoms with E-state index >= 15 is 0 Å². The minimum absolute atomic E-state index is 0.454. The molecular weight excluding hydrogens is 210 g/mol. The number of halogens is 1. The number of pyridine rings is 1. The van der Waals surface area contributed by atoms with E-state index in [1.54, 1.807) is 12.3 Å². The first-order valence-corrected chi connectivity index (χ1v) is 5.41. The largest absolute Gasteiger partial charge is 0.356 e. The number of aromatic nitrogens is 1. The van der Waals surface area contributed by atoms with E-state index in [4.69, 9.17) is 16.9 Å². The van der Waals surface area contributed by atoms with Gasteiger partial charge in [0.05, 0.1) is 5.56 Å². The van der Waals surface area contributed by atoms with E-state index in [0.717, 1.165) is 19.5 Å². The van der Waals surface area contributed by atoms with Crippen LogP contribution in [0.25, 0.3) is 0 Å². The summed E-state index contributed by atoms with van der Waals surface area (Å²) in [5, 5.41) is 9.30. The lowest BCUT2D eigenvalue weighted by atomic mass is 10.2. The quantitative estimate of drug-likeness (QED) is 0.788. The monoisotopic (exact) mass is 223 g/mol. The first-order valence-electron chi connectivity index (χ1n) is 5.04. The molecule has 0 bridgehead atoms. The third-order valence-corrected chi connectivity index (χ3v) is 2.54. The number of anilines is 1. The molecule has 1 aromatic rings. The molecule has 0 radical (unpaired) electrons. The highest BCUT2D eigenvalue weighted by molar-refractivity contribution is 6.34. The van der Waals surface area contributed by atoms with Crippen molar-refractivity contribution in [3.05, 3.63) is 22.8 Å². The lowest BCUT2D eigenvalue weighted by molar-refractivity contribution is 0.778. The van der Waals surface area contributed by atoms with E-state index in [1.165, 1.54) is 0 Å². The Morgan fingerprint density at radius 2 is 2.27 bits per heavy atom. The molecule has 0 spiro atoms. The van der Waals surface area contributed by atoms with Gasteiger partial charge in [-0.3, -0.25) is 0 Å². The molecule has 0 aliphatic rings. The van der Waals surface area contributed by atoms with Crippen molar-refractivity contribution in [1.29, 1.82) is 5.26 Å². The van der Waals surface area contributed by atoms with Crippen molar-refractivity contribution in [1.82, 2.24) is 4.98 Å². The van der Waals surface area contributed by atoms with Gasteiger partial charge in [-0.15, -0.1) is 0 Å². The van der Waals surface area contributed by atoms with Gasteiger partial charge < -0.3 is 4.90 Å². The second kappa shape index (κ2) is 5.57. The average molecular weight is 224 g/mol. The number of hydrogen-bond acceptors (Lipinski definition) is 3. The van der Waals surface area contributed by atoms with Crippen molar-refractivity contribution in [3.8, 4) is 6.07 Å². The van der Waals surface area contributed by atoms with Gasteiger partial charge in [0, 0.05) is 19.3 Å². The molecule has 0 unspecified atom stereocenters. The van der Waals surface area contributed by atoms with Crippen molar-refractivity contribution < 1.29 is 0 Å². The van der Waals surface area contributed by atoms with Crippen molar-refractivity contribution in [2.45, 2.75) is 20.3 Å². The van der Waals surface area contributed by atoms with Crippen LogP contribution in [0.4, 0.5) is 5.82 Å². The van der Waals surface area contributed by atoms with Gasteiger partial charge in [-0.1, -0.05) is 18.5 Å². The zero-order chi connectivity index (χ0) is 11.3. The van der Waals surface area contributed by atoms with Crippen molar-refractivity contribution in [2.75, 3.05) is 18.0 Å². The topological polar surface area (TPSA) is 39.9 Å². The SMILES string of the molecule is CCCN(CC)c1nccc(C#N)c1Cl. The van der Waals surface area contributed by atoms with Gasteiger partial charge in [0.1, 0.15) is 16.9 Å². The van der Waals surface area contributed by atoms with Crippen molar-refractivity contribution in [2.24, 2.45) is 0 Å². The fourth-order valence-corrected chi connectivity index (χ4v) is 1.70. The zero-order valence-electron chi connectivity index (χ0n) is 9.00. The van der Waals surface area contributed by atoms with Gasteiger partial charge in [-0.2, -0.15) is 5.26 Å². The van der Waals surface area contributed by atoms with E-state index < -0.39 is 0 Å². The average Bonchev–Trinajstić information content (AvgIpc) is 2.27. The van der Waals surface area contributed by atoms with Gasteiger partial charge >= 0.3 is 0 Å². The number of nitriles is 1. The van der Waals surface area contributed by atoms with E-state index in [9.17, 15) is 0 Å². The molecule has 1 aromatic heterocycles. The van der Waals surface area contributed by atoms with Gasteiger partial charge in [0.15, 0.2) is 0 Å². The molecule has 0 saturated heterocycles. The first kappa shape index (κ1) is 11.8. The predicted molar refractivity (Wildman–Crippen MR) is 62.1 cm³/mol. The molecule has 0 aromatic carbocycles. The summed E-state index contributed by atoms with van der Waals surface area (Å²) in [6.45, 7) is 5.89. The smallest absolute Gasteiger partial charge is 0.148 e. The fraction of sp³-hybridized carbons (Fsp3) is 0.455. The molecule has 4 heteroatoms. The van der Waals surface area contributed by atoms with E-state index in [2.05, 4.69) is 22.9 Å². The lowest BCUT2D eigenvalue weighted by Crippen LogP contribution is -2.24. The molecule has 0 aliphatic heterocycles. The summed E-state index contributed by atoms with van der Waals surface area (Å²) < 4.78 is 0. The van der Waals surface area contributed by atoms with Gasteiger partial charge in [0.25, 0.3) is 0 Å². The molecule has 0 N–H and O–H groups in total. The molecule has 0 aliphatic carbocycles. The number of hydrogen-bond donors (Lipinski definition) is 0. The zero-order valence-corrected chi connectivity index (χ0v) is 9.75. The van der Waals surface area contributed by atoms with Crippen LogP contribution < -0.4 is 4.90 Å². The van der Waals surface area contributed by atoms with Crippen LogP contribution in [0.1, 0.15) is 25.8 Å². The second-order valence-electron chi connectivity index (χ2n) is 3.19. The third kappa shape index (κ3) is 2.60. The summed E-state index contributed by atoms with van der Waals surface area (Å²) in [6, 6.07) is 3.69. The minimum Gasteiger partial charge on any atom is -0.356 e. The van der Waals surface area contributed by atoms with Crippen LogP contribution in [0.5, 0.6) is 0 Å². The van der Waals surface area contributed by atoms with Gasteiger partial charge in [0.2, 0.25) is 0 Å². The van der Waals surface area contributed by atoms with E-state index in [-0.39, 0.29) is 0 Å². The molecule has 1 rings (SSSR count). The second-order valence-corrected chi connectivity index (χ2v) is 3.57. The van der Waals surface area contributed by atoms with Crippen molar-refractivity contribution >= 4 is 17.4 Å². The Labute approximate surface area is 95.3 Å². The Morgan fingerprint density at radius 3 is 2.80 bits per heavy atom. The molecule has 0 amide bonds. The molecular formula is C11H14ClN3. The lowest BCUT2D eigenvalue weighted by Gasteiger charge is -2.22. The molecule has 3 nitrogen and oxygen atoms in total. The predicted octanol–water partition coefficient (Wildman–Crippen LogP) is 2.84. The normalized spacial score (nSPS) is 9.73. The maximum Gasteiger partial charge on any atom is 0.148 e. The van der Waals surface area contributed by atoms with Crippen LogP contribution >= 0.6 is 11.6 Å². The molecule has 1 heterocycles. The minimum atomic E-state index is 0.454. The third-order valence-electron chi connectivity index (χ3n) is 2.17. The van der Waals surface area contributed by atoms with Gasteiger partial charge in [-0.05, 0) is 19.4 Å². The molecule has 0 atom stereocenters. The molecule has 0 saturated carbocycles. The van der Waals surface area contributed by atoms with Crippen LogP contribution in [-0.4, -0.2) is 18.1 Å². The van der Waals surface area contributed by atoms with Crippen LogP contribution in [-0.2, 0) is 0 Å². The first-order chi connectivity index (χ1) is 7.24. The Bertz CT molecular complexity index is 371. The van der Waals surface area contributed by atoms with E-state index in [1.807, 2.05) is 6.92 Å². The maximum atomic E-state index is 8.85. The Kier molecular flexibility index (Phi) is 4.38. The highest BCUT2D eigenvalue weighted by Gasteiger charge is 2.12. The number of nitrogens with zero attached hydrogens (tertiary/aromatic N) is 3. The summed E-state index contributed by atoms with van der Waals surface area (Å²) in [7, 11) is 0. The standard InChI is InChI=1S/C11H14ClN3/c1-3-7-15(4-2)11-10(12)9(8-13)5-6-14-11/h5-6H,3-4,7H2,1-2H3. The Balaban J connectivity index is 3.08. The van der Waals surface area contributed by atoms with E-state index in [0.29, 0.717) is 16.4 Å². The maximum absolute atomic E-state index is 8.85. The summed E-state index contributed by atoms with van der Waals surface area (Å²) in [5.74, 6) is 0.708. The fourth-order valence-electron chi connectivity index (χ4n) is 1.42. The molecule has 15 heavy (non-hydrogen) atoms. The van der Waals surface area contributed by atoms with Crippen molar-refractivity contribution in [3.63, 3.8) is 0 Å². The number of rotatable bonds is 4. The summed E-state index contributed by atoms with van der Waals surface area (Å²) in [6.07, 6.45) is 2.65. The highest BCUT2D eigenvalue weighted by atomic mass is 35.5. The highest BCUT2D eigenvalue weighted by Crippen LogP contribution is 2.26. The molecule has 80 valence electrons. The summed E-state index contributed by atoms with van der Waals surface area (Å²) in [5.41, 5.74) is 0.483. The summed E-state index contributed by atoms with van der Waals surface area (Å²) >= 11 is 6.09. The summed E-state index contributed by atoms with van der Waals surface area (Å²) in [4.78, 5) is 6.29. The van der Waals surface area contributed by atoms with Crippen LogP contribution in [0.3, 0.4) is 0 Å². The van der Waals surface area contributed by atoms with Crippen LogP contribution in [0.15, 0.2) is 12.3 Å². The Morgan fingerprint density at radius 1 is 1.53 bits per heavy atom. The molecule has 0 fully saturated rings. The van der Waals surface area contributed by atoms with Crippen LogP contribution in [0.2, 0.25) is 5.02 Å². The van der Waals surface area contributed by atoms with Crippen LogP contribution in [0, 0.1) is 11.3 Å².